The predicted octanol–water partition coefficient (Wildman–Crippen LogP) is -0.268. The molecule has 1 aliphatic rings. The fourth-order valence-corrected chi connectivity index (χ4v) is 2.93. The van der Waals surface area contributed by atoms with Gasteiger partial charge in [0, 0.05) is 40.7 Å². The Kier molecular flexibility index (Phi) is 10.3. The maximum Gasteiger partial charge on any atom is 0.373 e. The van der Waals surface area contributed by atoms with Crippen LogP contribution in [0.1, 0.15) is 34.6 Å². The Hall–Kier alpha value is -3.64. The van der Waals surface area contributed by atoms with Crippen LogP contribution in [0.25, 0.3) is 0 Å². The first-order valence-electron chi connectivity index (χ1n) is 9.64. The summed E-state index contributed by atoms with van der Waals surface area (Å²) in [7, 11) is 1.06. The summed E-state index contributed by atoms with van der Waals surface area (Å²) in [5.74, 6) is -5.49. The minimum absolute atomic E-state index is 0.455. The number of carbonyl (C=O) groups excluding carboxylic acids is 6. The molecule has 0 radical (unpaired) electrons. The lowest BCUT2D eigenvalue weighted by Crippen LogP contribution is -2.57. The molecule has 33 heavy (non-hydrogen) atoms. The van der Waals surface area contributed by atoms with Crippen LogP contribution in [-0.2, 0) is 61.9 Å². The Balaban J connectivity index is 3.58. The number of esters is 6. The quantitative estimate of drug-likeness (QED) is 0.317. The Morgan fingerprint density at radius 3 is 1.88 bits per heavy atom. The average Bonchev–Trinajstić information content (AvgIpc) is 2.68. The van der Waals surface area contributed by atoms with Crippen LogP contribution in [0.3, 0.4) is 0 Å². The molecular formula is C20H26O13. The van der Waals surface area contributed by atoms with Crippen molar-refractivity contribution in [1.82, 2.24) is 0 Å². The Morgan fingerprint density at radius 1 is 0.848 bits per heavy atom. The van der Waals surface area contributed by atoms with Crippen molar-refractivity contribution in [3.8, 4) is 0 Å². The highest BCUT2D eigenvalue weighted by atomic mass is 16.6. The molecule has 0 saturated carbocycles. The minimum atomic E-state index is -1.58. The largest absolute Gasteiger partial charge is 0.475 e. The summed E-state index contributed by atoms with van der Waals surface area (Å²) < 4.78 is 36.0. The van der Waals surface area contributed by atoms with E-state index in [1.54, 1.807) is 0 Å². The lowest BCUT2D eigenvalue weighted by atomic mass is 9.95. The van der Waals surface area contributed by atoms with E-state index in [4.69, 9.17) is 28.4 Å². The first kappa shape index (κ1) is 27.4. The Labute approximate surface area is 189 Å². The monoisotopic (exact) mass is 474 g/mol. The third-order valence-corrected chi connectivity index (χ3v) is 3.98. The number of rotatable bonds is 9. The van der Waals surface area contributed by atoms with Gasteiger partial charge in [-0.1, -0.05) is 0 Å². The molecule has 184 valence electrons. The first-order chi connectivity index (χ1) is 15.3. The van der Waals surface area contributed by atoms with Gasteiger partial charge in [0.25, 0.3) is 0 Å². The lowest BCUT2D eigenvalue weighted by molar-refractivity contribution is -0.209. The maximum absolute atomic E-state index is 12.2. The van der Waals surface area contributed by atoms with Crippen LogP contribution in [0.4, 0.5) is 0 Å². The molecule has 13 nitrogen and oxygen atoms in total. The molecule has 0 fully saturated rings. The molecular weight excluding hydrogens is 448 g/mol. The van der Waals surface area contributed by atoms with E-state index in [9.17, 15) is 28.8 Å². The van der Waals surface area contributed by atoms with Crippen molar-refractivity contribution >= 4 is 35.8 Å². The molecule has 0 aromatic rings. The van der Waals surface area contributed by atoms with Gasteiger partial charge in [0.1, 0.15) is 6.61 Å². The molecule has 13 heteroatoms. The zero-order valence-corrected chi connectivity index (χ0v) is 19.0. The van der Waals surface area contributed by atoms with Gasteiger partial charge in [-0.15, -0.1) is 0 Å². The smallest absolute Gasteiger partial charge is 0.373 e. The SMILES string of the molecule is COC(=O)C1=C[C@@H](OC(C)=O)[C@H](OC(C)=O)[C@H]([C@@H](OC(C)=O)[C@@H](COC(C)=O)OC(C)=O)O1. The number of hydrogen-bond acceptors (Lipinski definition) is 13. The molecule has 0 unspecified atom stereocenters. The number of carbonyl (C=O) groups is 6. The molecule has 0 N–H and O–H groups in total. The summed E-state index contributed by atoms with van der Waals surface area (Å²) >= 11 is 0. The average molecular weight is 474 g/mol. The highest BCUT2D eigenvalue weighted by Crippen LogP contribution is 2.30. The Bertz CT molecular complexity index is 815. The molecule has 0 saturated heterocycles. The van der Waals surface area contributed by atoms with Crippen molar-refractivity contribution in [2.45, 2.75) is 65.1 Å². The van der Waals surface area contributed by atoms with Gasteiger partial charge in [-0.3, -0.25) is 24.0 Å². The predicted molar refractivity (Wildman–Crippen MR) is 104 cm³/mol. The van der Waals surface area contributed by atoms with Gasteiger partial charge < -0.3 is 33.2 Å². The van der Waals surface area contributed by atoms with Gasteiger partial charge in [-0.2, -0.15) is 0 Å². The Morgan fingerprint density at radius 2 is 1.42 bits per heavy atom. The normalized spacial score (nSPS) is 21.2. The van der Waals surface area contributed by atoms with Crippen LogP contribution in [-0.4, -0.2) is 80.1 Å². The molecule has 0 bridgehead atoms. The van der Waals surface area contributed by atoms with E-state index in [1.165, 1.54) is 0 Å². The third kappa shape index (κ3) is 8.79. The highest BCUT2D eigenvalue weighted by Gasteiger charge is 2.50. The summed E-state index contributed by atoms with van der Waals surface area (Å²) in [6.45, 7) is 4.75. The summed E-state index contributed by atoms with van der Waals surface area (Å²) in [5.41, 5.74) is 0. The van der Waals surface area contributed by atoms with Gasteiger partial charge in [0.2, 0.25) is 5.76 Å². The van der Waals surface area contributed by atoms with Crippen LogP contribution in [0, 0.1) is 0 Å². The highest BCUT2D eigenvalue weighted by molar-refractivity contribution is 5.86. The zero-order valence-electron chi connectivity index (χ0n) is 19.0. The minimum Gasteiger partial charge on any atom is -0.475 e. The summed E-state index contributed by atoms with van der Waals surface area (Å²) in [6, 6.07) is 0. The van der Waals surface area contributed by atoms with Gasteiger partial charge in [-0.05, 0) is 0 Å². The molecule has 1 rings (SSSR count). The third-order valence-electron chi connectivity index (χ3n) is 3.98. The molecule has 1 aliphatic heterocycles. The van der Waals surface area contributed by atoms with Crippen molar-refractivity contribution in [2.75, 3.05) is 13.7 Å². The van der Waals surface area contributed by atoms with Crippen molar-refractivity contribution in [3.63, 3.8) is 0 Å². The topological polar surface area (TPSA) is 167 Å². The van der Waals surface area contributed by atoms with Crippen LogP contribution < -0.4 is 0 Å². The van der Waals surface area contributed by atoms with Crippen molar-refractivity contribution in [2.24, 2.45) is 0 Å². The van der Waals surface area contributed by atoms with Crippen molar-refractivity contribution < 1.29 is 61.9 Å². The lowest BCUT2D eigenvalue weighted by Gasteiger charge is -2.40. The zero-order chi connectivity index (χ0) is 25.3. The second-order valence-corrected chi connectivity index (χ2v) is 6.78. The first-order valence-corrected chi connectivity index (χ1v) is 9.64. The molecule has 5 atom stereocenters. The van der Waals surface area contributed by atoms with Crippen molar-refractivity contribution in [3.05, 3.63) is 11.8 Å². The van der Waals surface area contributed by atoms with E-state index >= 15 is 0 Å². The van der Waals surface area contributed by atoms with E-state index in [1.807, 2.05) is 0 Å². The summed E-state index contributed by atoms with van der Waals surface area (Å²) in [4.78, 5) is 70.4. The molecule has 0 aromatic carbocycles. The number of methoxy groups -OCH3 is 1. The van der Waals surface area contributed by atoms with E-state index in [0.29, 0.717) is 0 Å². The molecule has 0 spiro atoms. The van der Waals surface area contributed by atoms with Crippen LogP contribution in [0.15, 0.2) is 11.8 Å². The maximum atomic E-state index is 12.2. The molecule has 0 aromatic heterocycles. The van der Waals surface area contributed by atoms with Gasteiger partial charge in [0.05, 0.1) is 7.11 Å². The van der Waals surface area contributed by atoms with Gasteiger partial charge in [0.15, 0.2) is 30.5 Å². The van der Waals surface area contributed by atoms with Gasteiger partial charge in [-0.25, -0.2) is 4.79 Å². The van der Waals surface area contributed by atoms with E-state index < -0.39 is 78.7 Å². The summed E-state index contributed by atoms with van der Waals surface area (Å²) in [5, 5.41) is 0. The van der Waals surface area contributed by atoms with E-state index in [0.717, 1.165) is 47.8 Å². The van der Waals surface area contributed by atoms with E-state index in [2.05, 4.69) is 4.74 Å². The molecule has 1 heterocycles. The molecule has 0 aliphatic carbocycles. The summed E-state index contributed by atoms with van der Waals surface area (Å²) in [6.07, 6.45) is -6.37. The van der Waals surface area contributed by atoms with Crippen LogP contribution in [0.5, 0.6) is 0 Å². The molecule has 0 amide bonds. The number of hydrogen-bond donors (Lipinski definition) is 0. The van der Waals surface area contributed by atoms with Crippen LogP contribution >= 0.6 is 0 Å². The van der Waals surface area contributed by atoms with Crippen molar-refractivity contribution in [1.29, 1.82) is 0 Å². The fourth-order valence-electron chi connectivity index (χ4n) is 2.93. The number of ether oxygens (including phenoxy) is 7. The van der Waals surface area contributed by atoms with Crippen LogP contribution in [0.2, 0.25) is 0 Å². The second kappa shape index (κ2) is 12.4. The second-order valence-electron chi connectivity index (χ2n) is 6.78. The van der Waals surface area contributed by atoms with E-state index in [-0.39, 0.29) is 0 Å². The van der Waals surface area contributed by atoms with Gasteiger partial charge >= 0.3 is 35.8 Å². The standard InChI is InChI=1S/C20H26O13/c1-9(21)28-8-16(30-11(3)23)18(32-13(5)25)19-17(31-12(4)24)14(29-10(2)22)7-15(33-19)20(26)27-6/h7,14,16-19H,8H2,1-6H3/t14-,16-,17+,18+,19-/m1/s1. The fraction of sp³-hybridized carbons (Fsp3) is 0.600.